The largest absolute Gasteiger partial charge is 0.359 e. The molecule has 0 aliphatic carbocycles. The molecule has 0 atom stereocenters. The van der Waals surface area contributed by atoms with Gasteiger partial charge in [-0.15, -0.1) is 0 Å². The first-order valence-corrected chi connectivity index (χ1v) is 3.48. The van der Waals surface area contributed by atoms with Gasteiger partial charge >= 0.3 is 0 Å². The number of isocyanates is 2. The van der Waals surface area contributed by atoms with Gasteiger partial charge in [0.15, 0.2) is 0 Å². The lowest BCUT2D eigenvalue weighted by atomic mass is 10.8. The summed E-state index contributed by atoms with van der Waals surface area (Å²) in [5.74, 6) is 0. The van der Waals surface area contributed by atoms with Crippen molar-refractivity contribution in [2.24, 2.45) is 9.98 Å². The Morgan fingerprint density at radius 1 is 1.17 bits per heavy atom. The lowest BCUT2D eigenvalue weighted by Gasteiger charge is -1.86. The molecule has 5 heteroatoms. The molecule has 68 valence electrons. The van der Waals surface area contributed by atoms with E-state index in [1.54, 1.807) is 6.92 Å². The molecule has 0 bridgehead atoms. The second-order valence-corrected chi connectivity index (χ2v) is 1.44. The van der Waals surface area contributed by atoms with Crippen molar-refractivity contribution in [3.05, 3.63) is 0 Å². The molecule has 0 saturated carbocycles. The van der Waals surface area contributed by atoms with Crippen molar-refractivity contribution in [3.63, 3.8) is 0 Å². The van der Waals surface area contributed by atoms with Crippen LogP contribution in [-0.4, -0.2) is 32.0 Å². The van der Waals surface area contributed by atoms with Gasteiger partial charge in [0.2, 0.25) is 12.2 Å². The zero-order valence-corrected chi connectivity index (χ0v) is 7.24. The van der Waals surface area contributed by atoms with Crippen molar-refractivity contribution in [1.29, 1.82) is 0 Å². The molecule has 0 unspecified atom stereocenters. The van der Waals surface area contributed by atoms with Crippen LogP contribution in [0.3, 0.4) is 0 Å². The normalized spacial score (nSPS) is 6.83. The van der Waals surface area contributed by atoms with E-state index in [-0.39, 0.29) is 6.73 Å². The molecule has 5 nitrogen and oxygen atoms in total. The van der Waals surface area contributed by atoms with Gasteiger partial charge in [-0.25, -0.2) is 14.6 Å². The summed E-state index contributed by atoms with van der Waals surface area (Å²) >= 11 is 0. The minimum absolute atomic E-state index is 0.139. The van der Waals surface area contributed by atoms with Gasteiger partial charge in [0.05, 0.1) is 0 Å². The fourth-order valence-corrected chi connectivity index (χ4v) is 0.228. The number of nitrogens with zero attached hydrogens (tertiary/aromatic N) is 2. The molecule has 0 fully saturated rings. The second kappa shape index (κ2) is 16.4. The first-order valence-electron chi connectivity index (χ1n) is 3.48. The summed E-state index contributed by atoms with van der Waals surface area (Å²) in [4.78, 5) is 24.7. The van der Waals surface area contributed by atoms with Gasteiger partial charge in [-0.3, -0.25) is 0 Å². The molecule has 0 saturated heterocycles. The summed E-state index contributed by atoms with van der Waals surface area (Å²) in [6, 6.07) is 0. The van der Waals surface area contributed by atoms with E-state index in [9.17, 15) is 4.79 Å². The van der Waals surface area contributed by atoms with Gasteiger partial charge in [-0.2, -0.15) is 4.99 Å². The molecule has 0 aromatic rings. The molecule has 0 aromatic carbocycles. The topological polar surface area (TPSA) is 68.1 Å². The van der Waals surface area contributed by atoms with Crippen molar-refractivity contribution in [1.82, 2.24) is 0 Å². The van der Waals surface area contributed by atoms with Crippen LogP contribution in [-0.2, 0) is 14.3 Å². The highest BCUT2D eigenvalue weighted by Gasteiger charge is 1.71. The highest BCUT2D eigenvalue weighted by Crippen LogP contribution is 1.69. The zero-order valence-electron chi connectivity index (χ0n) is 7.24. The molecule has 0 aromatic heterocycles. The third kappa shape index (κ3) is 23.3. The van der Waals surface area contributed by atoms with Crippen LogP contribution in [0.1, 0.15) is 13.8 Å². The fraction of sp³-hybridized carbons (Fsp3) is 0.714. The summed E-state index contributed by atoms with van der Waals surface area (Å²) in [7, 11) is 0. The van der Waals surface area contributed by atoms with Crippen molar-refractivity contribution < 1.29 is 14.3 Å². The standard InChI is InChI=1S/C4H7NO2.C3H5NO/c1-2-7-4-5-3-6;1-2-4-3-5/h2,4H2,1H3;2H2,1H3. The van der Waals surface area contributed by atoms with Crippen LogP contribution in [0.4, 0.5) is 0 Å². The maximum absolute atomic E-state index is 9.31. The average molecular weight is 172 g/mol. The maximum atomic E-state index is 9.31. The molecule has 12 heavy (non-hydrogen) atoms. The van der Waals surface area contributed by atoms with E-state index in [0.717, 1.165) is 0 Å². The third-order valence-electron chi connectivity index (χ3n) is 0.647. The summed E-state index contributed by atoms with van der Waals surface area (Å²) in [5.41, 5.74) is 0. The highest BCUT2D eigenvalue weighted by atomic mass is 16.5. The van der Waals surface area contributed by atoms with Gasteiger partial charge in [0.1, 0.15) is 6.73 Å². The smallest absolute Gasteiger partial charge is 0.237 e. The lowest BCUT2D eigenvalue weighted by Crippen LogP contribution is -1.87. The fourth-order valence-electron chi connectivity index (χ4n) is 0.228. The van der Waals surface area contributed by atoms with Crippen molar-refractivity contribution >= 4 is 12.2 Å². The van der Waals surface area contributed by atoms with Crippen molar-refractivity contribution in [3.8, 4) is 0 Å². The maximum Gasteiger partial charge on any atom is 0.237 e. The van der Waals surface area contributed by atoms with Crippen LogP contribution >= 0.6 is 0 Å². The van der Waals surface area contributed by atoms with E-state index in [2.05, 4.69) is 14.7 Å². The first-order chi connectivity index (χ1) is 5.83. The number of ether oxygens (including phenoxy) is 1. The highest BCUT2D eigenvalue weighted by molar-refractivity contribution is 5.32. The van der Waals surface area contributed by atoms with E-state index in [4.69, 9.17) is 4.79 Å². The summed E-state index contributed by atoms with van der Waals surface area (Å²) < 4.78 is 4.64. The molecule has 0 aliphatic heterocycles. The van der Waals surface area contributed by atoms with Gasteiger partial charge in [-0.1, -0.05) is 0 Å². The Morgan fingerprint density at radius 2 is 1.75 bits per heavy atom. The van der Waals surface area contributed by atoms with Gasteiger partial charge in [0.25, 0.3) is 0 Å². The predicted octanol–water partition coefficient (Wildman–Crippen LogP) is 0.658. The van der Waals surface area contributed by atoms with E-state index < -0.39 is 0 Å². The molecule has 0 aliphatic rings. The molecule has 0 rings (SSSR count). The van der Waals surface area contributed by atoms with Crippen molar-refractivity contribution in [2.45, 2.75) is 13.8 Å². The number of hydrogen-bond donors (Lipinski definition) is 0. The lowest BCUT2D eigenvalue weighted by molar-refractivity contribution is 0.156. The molecule has 0 spiro atoms. The second-order valence-electron chi connectivity index (χ2n) is 1.44. The zero-order chi connectivity index (χ0) is 9.66. The number of aliphatic imine (C=N–C) groups is 2. The summed E-state index contributed by atoms with van der Waals surface area (Å²) in [6.07, 6.45) is 2.74. The Balaban J connectivity index is 0. The van der Waals surface area contributed by atoms with E-state index >= 15 is 0 Å². The van der Waals surface area contributed by atoms with Crippen LogP contribution in [0.15, 0.2) is 9.98 Å². The van der Waals surface area contributed by atoms with Crippen LogP contribution in [0.2, 0.25) is 0 Å². The van der Waals surface area contributed by atoms with E-state index in [1.807, 2.05) is 6.92 Å². The quantitative estimate of drug-likeness (QED) is 0.355. The Hall–Kier alpha value is -1.28. The molecule has 0 heterocycles. The van der Waals surface area contributed by atoms with E-state index in [1.165, 1.54) is 12.2 Å². The molecule has 0 N–H and O–H groups in total. The van der Waals surface area contributed by atoms with Gasteiger partial charge < -0.3 is 4.74 Å². The molecule has 0 radical (unpaired) electrons. The van der Waals surface area contributed by atoms with Crippen LogP contribution in [0.5, 0.6) is 0 Å². The minimum atomic E-state index is 0.139. The Bertz CT molecular complexity index is 169. The summed E-state index contributed by atoms with van der Waals surface area (Å²) in [6.45, 7) is 4.89. The summed E-state index contributed by atoms with van der Waals surface area (Å²) in [5, 5.41) is 0. The van der Waals surface area contributed by atoms with Gasteiger partial charge in [-0.05, 0) is 13.8 Å². The number of rotatable bonds is 4. The van der Waals surface area contributed by atoms with Crippen molar-refractivity contribution in [2.75, 3.05) is 19.9 Å². The molecule has 0 amide bonds. The molecular formula is C7H12N2O3. The minimum Gasteiger partial charge on any atom is -0.359 e. The monoisotopic (exact) mass is 172 g/mol. The number of carbonyl (C=O) groups excluding carboxylic acids is 2. The average Bonchev–Trinajstić information content (AvgIpc) is 2.08. The van der Waals surface area contributed by atoms with Crippen LogP contribution in [0, 0.1) is 0 Å². The van der Waals surface area contributed by atoms with E-state index in [0.29, 0.717) is 13.2 Å². The van der Waals surface area contributed by atoms with Crippen LogP contribution < -0.4 is 0 Å². The first kappa shape index (κ1) is 13.3. The third-order valence-corrected chi connectivity index (χ3v) is 0.647. The number of hydrogen-bond acceptors (Lipinski definition) is 5. The SMILES string of the molecule is CCN=C=O.CCOCN=C=O. The Kier molecular flexibility index (Phi) is 18.2. The Labute approximate surface area is 71.2 Å². The van der Waals surface area contributed by atoms with Crippen LogP contribution in [0.25, 0.3) is 0 Å². The molecular weight excluding hydrogens is 160 g/mol. The predicted molar refractivity (Wildman–Crippen MR) is 43.3 cm³/mol. The Morgan fingerprint density at radius 3 is 2.00 bits per heavy atom. The van der Waals surface area contributed by atoms with Gasteiger partial charge in [0, 0.05) is 13.2 Å².